The predicted molar refractivity (Wildman–Crippen MR) is 215 cm³/mol. The Hall–Kier alpha value is -2.03. The Balaban J connectivity index is 4.50. The Kier molecular flexibility index (Phi) is 33.4. The van der Waals surface area contributed by atoms with Gasteiger partial charge in [0.1, 0.15) is 19.8 Å². The van der Waals surface area contributed by atoms with Crippen LogP contribution in [0.5, 0.6) is 0 Å². The summed E-state index contributed by atoms with van der Waals surface area (Å²) in [7, 11) is 1.44. The third kappa shape index (κ3) is 37.7. The first-order chi connectivity index (χ1) is 25.0. The smallest absolute Gasteiger partial charge is 0.462 e. The lowest BCUT2D eigenvalue weighted by molar-refractivity contribution is -0.870. The van der Waals surface area contributed by atoms with E-state index in [0.29, 0.717) is 23.9 Å². The lowest BCUT2D eigenvalue weighted by Gasteiger charge is -2.24. The van der Waals surface area contributed by atoms with Gasteiger partial charge >= 0.3 is 19.8 Å². The number of rotatable bonds is 36. The fourth-order valence-electron chi connectivity index (χ4n) is 5.07. The number of phosphoric ester groups is 1. The van der Waals surface area contributed by atoms with E-state index in [1.807, 2.05) is 21.1 Å². The van der Waals surface area contributed by atoms with Crippen LogP contribution in [0.1, 0.15) is 155 Å². The molecule has 0 aromatic heterocycles. The standard InChI is InChI=1S/C42H76NO8P/c1-6-8-10-12-14-16-18-20-21-23-24-26-28-30-32-34-41(44)48-38-40(39-50-52(46,47)49-37-36-43(3,4)5)51-42(45)35-33-31-29-27-25-22-19-17-15-13-11-9-7-2/h14,16-17,19-21,24,26,40H,6-13,15,18,22-23,25,27-39H2,1-5H3/p+1/b16-14+,19-17+,21-20+,26-24+/t40-/m1/s1. The molecule has 0 radical (unpaired) electrons. The molecule has 0 heterocycles. The van der Waals surface area contributed by atoms with Crippen molar-refractivity contribution < 1.29 is 42.1 Å². The van der Waals surface area contributed by atoms with Gasteiger partial charge < -0.3 is 18.9 Å². The van der Waals surface area contributed by atoms with Gasteiger partial charge in [-0.3, -0.25) is 18.6 Å². The highest BCUT2D eigenvalue weighted by atomic mass is 31.2. The van der Waals surface area contributed by atoms with E-state index in [-0.39, 0.29) is 26.1 Å². The summed E-state index contributed by atoms with van der Waals surface area (Å²) in [5.41, 5.74) is 0. The molecule has 0 aromatic carbocycles. The second-order valence-corrected chi connectivity index (χ2v) is 16.1. The number of nitrogens with zero attached hydrogens (tertiary/aromatic N) is 1. The number of hydrogen-bond donors (Lipinski definition) is 1. The normalized spacial score (nSPS) is 14.2. The monoisotopic (exact) mass is 755 g/mol. The first-order valence-corrected chi connectivity index (χ1v) is 21.9. The maximum atomic E-state index is 12.6. The zero-order valence-electron chi connectivity index (χ0n) is 33.8. The van der Waals surface area contributed by atoms with E-state index < -0.39 is 32.5 Å². The fourth-order valence-corrected chi connectivity index (χ4v) is 5.81. The number of ether oxygens (including phenoxy) is 2. The molecular weight excluding hydrogens is 677 g/mol. The number of esters is 2. The van der Waals surface area contributed by atoms with Crippen LogP contribution in [0.25, 0.3) is 0 Å². The molecule has 302 valence electrons. The minimum atomic E-state index is -4.38. The largest absolute Gasteiger partial charge is 0.472 e. The van der Waals surface area contributed by atoms with E-state index >= 15 is 0 Å². The van der Waals surface area contributed by atoms with E-state index in [4.69, 9.17) is 18.5 Å². The first-order valence-electron chi connectivity index (χ1n) is 20.4. The van der Waals surface area contributed by atoms with Crippen LogP contribution in [-0.4, -0.2) is 74.9 Å². The quantitative estimate of drug-likeness (QED) is 0.0221. The van der Waals surface area contributed by atoms with Crippen molar-refractivity contribution in [3.05, 3.63) is 48.6 Å². The molecular formula is C42H77NO8P+. The molecule has 0 amide bonds. The molecule has 0 fully saturated rings. The summed E-state index contributed by atoms with van der Waals surface area (Å²) in [6.45, 7) is 4.30. The average Bonchev–Trinajstić information content (AvgIpc) is 3.09. The highest BCUT2D eigenvalue weighted by Gasteiger charge is 2.27. The molecule has 0 aromatic rings. The van der Waals surface area contributed by atoms with Gasteiger partial charge in [0.15, 0.2) is 6.10 Å². The molecule has 0 saturated heterocycles. The van der Waals surface area contributed by atoms with Gasteiger partial charge in [0, 0.05) is 12.8 Å². The number of unbranched alkanes of at least 4 members (excludes halogenated alkanes) is 14. The molecule has 0 spiro atoms. The second kappa shape index (κ2) is 34.7. The van der Waals surface area contributed by atoms with Crippen molar-refractivity contribution in [1.29, 1.82) is 0 Å². The Morgan fingerprint density at radius 1 is 0.596 bits per heavy atom. The van der Waals surface area contributed by atoms with Crippen LogP contribution < -0.4 is 0 Å². The maximum absolute atomic E-state index is 12.6. The Labute approximate surface area is 318 Å². The van der Waals surface area contributed by atoms with Crippen molar-refractivity contribution in [2.45, 2.75) is 161 Å². The number of hydrogen-bond acceptors (Lipinski definition) is 7. The van der Waals surface area contributed by atoms with Crippen LogP contribution in [-0.2, 0) is 32.7 Å². The zero-order chi connectivity index (χ0) is 38.6. The summed E-state index contributed by atoms with van der Waals surface area (Å²) in [6.07, 6.45) is 38.7. The predicted octanol–water partition coefficient (Wildman–Crippen LogP) is 11.1. The minimum absolute atomic E-state index is 0.0226. The topological polar surface area (TPSA) is 108 Å². The van der Waals surface area contributed by atoms with Gasteiger partial charge in [0.05, 0.1) is 27.7 Å². The van der Waals surface area contributed by atoms with E-state index in [2.05, 4.69) is 62.5 Å². The highest BCUT2D eigenvalue weighted by Crippen LogP contribution is 2.43. The molecule has 52 heavy (non-hydrogen) atoms. The minimum Gasteiger partial charge on any atom is -0.462 e. The van der Waals surface area contributed by atoms with Crippen molar-refractivity contribution >= 4 is 19.8 Å². The molecule has 0 aliphatic rings. The Morgan fingerprint density at radius 2 is 1.04 bits per heavy atom. The van der Waals surface area contributed by atoms with E-state index in [1.165, 1.54) is 51.4 Å². The molecule has 0 rings (SSSR count). The molecule has 0 bridgehead atoms. The second-order valence-electron chi connectivity index (χ2n) is 14.7. The summed E-state index contributed by atoms with van der Waals surface area (Å²) in [6, 6.07) is 0. The van der Waals surface area contributed by atoms with E-state index in [0.717, 1.165) is 64.2 Å². The van der Waals surface area contributed by atoms with Crippen molar-refractivity contribution in [3.8, 4) is 0 Å². The molecule has 10 heteroatoms. The fraction of sp³-hybridized carbons (Fsp3) is 0.762. The summed E-state index contributed by atoms with van der Waals surface area (Å²) < 4.78 is 34.2. The van der Waals surface area contributed by atoms with Gasteiger partial charge in [0.2, 0.25) is 0 Å². The molecule has 0 saturated carbocycles. The Morgan fingerprint density at radius 3 is 1.63 bits per heavy atom. The van der Waals surface area contributed by atoms with Gasteiger partial charge in [0.25, 0.3) is 0 Å². The van der Waals surface area contributed by atoms with Gasteiger partial charge in [-0.05, 0) is 77.0 Å². The maximum Gasteiger partial charge on any atom is 0.472 e. The lowest BCUT2D eigenvalue weighted by atomic mass is 10.1. The third-order valence-corrected chi connectivity index (χ3v) is 9.32. The number of carbonyl (C=O) groups is 2. The summed E-state index contributed by atoms with van der Waals surface area (Å²) in [4.78, 5) is 35.2. The highest BCUT2D eigenvalue weighted by molar-refractivity contribution is 7.47. The Bertz CT molecular complexity index is 1030. The molecule has 0 aliphatic carbocycles. The molecule has 9 nitrogen and oxygen atoms in total. The van der Waals surface area contributed by atoms with Gasteiger partial charge in [-0.1, -0.05) is 114 Å². The summed E-state index contributed by atoms with van der Waals surface area (Å²) in [5.74, 6) is -0.858. The van der Waals surface area contributed by atoms with Gasteiger partial charge in [-0.15, -0.1) is 0 Å². The van der Waals surface area contributed by atoms with Crippen LogP contribution in [0, 0.1) is 0 Å². The number of allylic oxidation sites excluding steroid dienone is 8. The van der Waals surface area contributed by atoms with Crippen LogP contribution in [0.2, 0.25) is 0 Å². The van der Waals surface area contributed by atoms with E-state index in [9.17, 15) is 19.0 Å². The third-order valence-electron chi connectivity index (χ3n) is 8.33. The van der Waals surface area contributed by atoms with Crippen LogP contribution in [0.3, 0.4) is 0 Å². The van der Waals surface area contributed by atoms with Crippen LogP contribution in [0.4, 0.5) is 0 Å². The number of carbonyl (C=O) groups excluding carboxylic acids is 2. The van der Waals surface area contributed by atoms with E-state index in [1.54, 1.807) is 0 Å². The molecule has 1 unspecified atom stereocenters. The van der Waals surface area contributed by atoms with Crippen LogP contribution in [0.15, 0.2) is 48.6 Å². The van der Waals surface area contributed by atoms with Crippen molar-refractivity contribution in [3.63, 3.8) is 0 Å². The van der Waals surface area contributed by atoms with Crippen molar-refractivity contribution in [2.24, 2.45) is 0 Å². The summed E-state index contributed by atoms with van der Waals surface area (Å²) >= 11 is 0. The average molecular weight is 755 g/mol. The zero-order valence-corrected chi connectivity index (χ0v) is 34.7. The number of likely N-dealkylation sites (N-methyl/N-ethyl adjacent to an activating group) is 1. The molecule has 1 N–H and O–H groups in total. The van der Waals surface area contributed by atoms with Crippen molar-refractivity contribution in [1.82, 2.24) is 0 Å². The van der Waals surface area contributed by atoms with Gasteiger partial charge in [-0.25, -0.2) is 4.57 Å². The summed E-state index contributed by atoms with van der Waals surface area (Å²) in [5, 5.41) is 0. The van der Waals surface area contributed by atoms with Crippen molar-refractivity contribution in [2.75, 3.05) is 47.5 Å². The lowest BCUT2D eigenvalue weighted by Crippen LogP contribution is -2.37. The SMILES string of the molecule is CCCCC/C=C/C/C=C/C/C=C/CCCCC(=O)OC[C@H](COP(=O)(O)OCC[N+](C)(C)C)OC(=O)CCCCCCC/C=C/CCCCCC. The molecule has 0 aliphatic heterocycles. The number of quaternary nitrogens is 1. The first kappa shape index (κ1) is 50.0. The molecule has 2 atom stereocenters. The number of phosphoric acid groups is 1. The van der Waals surface area contributed by atoms with Gasteiger partial charge in [-0.2, -0.15) is 0 Å². The van der Waals surface area contributed by atoms with Crippen LogP contribution >= 0.6 is 7.82 Å².